The fourth-order valence-electron chi connectivity index (χ4n) is 3.22. The summed E-state index contributed by atoms with van der Waals surface area (Å²) in [5.74, 6) is 1.96. The molecule has 0 fully saturated rings. The molecule has 166 valence electrons. The van der Waals surface area contributed by atoms with Gasteiger partial charge < -0.3 is 20.1 Å². The van der Waals surface area contributed by atoms with Crippen molar-refractivity contribution in [1.82, 2.24) is 30.3 Å². The van der Waals surface area contributed by atoms with Gasteiger partial charge >= 0.3 is 0 Å². The van der Waals surface area contributed by atoms with Gasteiger partial charge in [-0.25, -0.2) is 4.68 Å². The van der Waals surface area contributed by atoms with Gasteiger partial charge in [-0.05, 0) is 44.2 Å². The summed E-state index contributed by atoms with van der Waals surface area (Å²) in [6, 6.07) is 11.2. The lowest BCUT2D eigenvalue weighted by Gasteiger charge is -2.11. The quantitative estimate of drug-likeness (QED) is 0.389. The van der Waals surface area contributed by atoms with Crippen LogP contribution in [0.25, 0.3) is 22.3 Å². The number of ether oxygens (including phenoxy) is 2. The predicted octanol–water partition coefficient (Wildman–Crippen LogP) is 3.01. The molecule has 2 aromatic carbocycles. The number of aryl methyl sites for hydroxylation is 1. The number of rotatable bonds is 8. The van der Waals surface area contributed by atoms with E-state index in [1.165, 1.54) is 0 Å². The number of nitrogens with zero attached hydrogens (tertiary/aromatic N) is 4. The third kappa shape index (κ3) is 4.64. The van der Waals surface area contributed by atoms with E-state index in [2.05, 4.69) is 30.9 Å². The first-order valence-corrected chi connectivity index (χ1v) is 10.1. The van der Waals surface area contributed by atoms with Crippen molar-refractivity contribution in [1.29, 1.82) is 0 Å². The van der Waals surface area contributed by atoms with Gasteiger partial charge in [-0.2, -0.15) is 10.1 Å². The molecule has 0 atom stereocenters. The summed E-state index contributed by atoms with van der Waals surface area (Å²) in [7, 11) is 3.38. The molecule has 2 aromatic heterocycles. The molecule has 0 aliphatic heterocycles. The second-order valence-corrected chi connectivity index (χ2v) is 7.55. The summed E-state index contributed by atoms with van der Waals surface area (Å²) in [6.45, 7) is 3.72. The number of hydrogen-bond acceptors (Lipinski definition) is 7. The summed E-state index contributed by atoms with van der Waals surface area (Å²) in [4.78, 5) is 16.4. The van der Waals surface area contributed by atoms with Crippen LogP contribution >= 0.6 is 0 Å². The fourth-order valence-corrected chi connectivity index (χ4v) is 3.22. The van der Waals surface area contributed by atoms with Crippen LogP contribution in [-0.4, -0.2) is 50.6 Å². The first kappa shape index (κ1) is 21.2. The highest BCUT2D eigenvalue weighted by molar-refractivity contribution is 5.82. The van der Waals surface area contributed by atoms with Crippen LogP contribution in [0, 0.1) is 0 Å². The number of hydrogen-bond donors (Lipinski definition) is 3. The molecule has 0 aliphatic rings. The zero-order valence-corrected chi connectivity index (χ0v) is 18.3. The molecule has 0 saturated heterocycles. The number of fused-ring (bicyclic) bond motifs is 1. The number of aromatic amines is 1. The Morgan fingerprint density at radius 3 is 2.84 bits per heavy atom. The summed E-state index contributed by atoms with van der Waals surface area (Å²) in [5, 5.41) is 18.5. The van der Waals surface area contributed by atoms with Crippen molar-refractivity contribution >= 4 is 28.4 Å². The van der Waals surface area contributed by atoms with Gasteiger partial charge in [-0.3, -0.25) is 9.89 Å². The first-order chi connectivity index (χ1) is 15.4. The minimum Gasteiger partial charge on any atom is -0.496 e. The zero-order valence-electron chi connectivity index (χ0n) is 18.3. The molecule has 10 heteroatoms. The molecule has 2 heterocycles. The van der Waals surface area contributed by atoms with Crippen LogP contribution in [-0.2, 0) is 11.8 Å². The summed E-state index contributed by atoms with van der Waals surface area (Å²) < 4.78 is 12.8. The molecule has 0 radical (unpaired) electrons. The van der Waals surface area contributed by atoms with E-state index in [1.54, 1.807) is 30.1 Å². The van der Waals surface area contributed by atoms with Crippen LogP contribution in [0.4, 0.5) is 11.6 Å². The van der Waals surface area contributed by atoms with Gasteiger partial charge in [0, 0.05) is 30.2 Å². The van der Waals surface area contributed by atoms with Gasteiger partial charge in [0.1, 0.15) is 11.5 Å². The minimum atomic E-state index is -0.182. The molecule has 3 N–H and O–H groups in total. The predicted molar refractivity (Wildman–Crippen MR) is 121 cm³/mol. The lowest BCUT2D eigenvalue weighted by Crippen LogP contribution is -2.34. The third-order valence-corrected chi connectivity index (χ3v) is 4.69. The van der Waals surface area contributed by atoms with Crippen LogP contribution < -0.4 is 20.1 Å². The number of nitrogens with one attached hydrogen (secondary N) is 3. The van der Waals surface area contributed by atoms with Crippen LogP contribution in [0.3, 0.4) is 0 Å². The van der Waals surface area contributed by atoms with Crippen LogP contribution in [0.15, 0.2) is 42.6 Å². The van der Waals surface area contributed by atoms with Gasteiger partial charge in [0.05, 0.1) is 24.4 Å². The highest BCUT2D eigenvalue weighted by Gasteiger charge is 2.16. The molecule has 0 aliphatic carbocycles. The van der Waals surface area contributed by atoms with Crippen molar-refractivity contribution in [2.45, 2.75) is 19.9 Å². The maximum absolute atomic E-state index is 11.8. The van der Waals surface area contributed by atoms with Crippen molar-refractivity contribution in [3.05, 3.63) is 42.6 Å². The molecule has 10 nitrogen and oxygen atoms in total. The Morgan fingerprint density at radius 1 is 1.22 bits per heavy atom. The summed E-state index contributed by atoms with van der Waals surface area (Å²) >= 11 is 0. The Bertz CT molecular complexity index is 1250. The third-order valence-electron chi connectivity index (χ3n) is 4.69. The van der Waals surface area contributed by atoms with E-state index in [0.29, 0.717) is 28.8 Å². The number of benzene rings is 2. The van der Waals surface area contributed by atoms with E-state index in [0.717, 1.165) is 16.6 Å². The van der Waals surface area contributed by atoms with Gasteiger partial charge in [-0.15, -0.1) is 5.10 Å². The number of H-pyrrole nitrogens is 1. The molecule has 0 saturated carbocycles. The van der Waals surface area contributed by atoms with Crippen molar-refractivity contribution in [2.75, 3.05) is 19.0 Å². The molecule has 4 aromatic rings. The first-order valence-electron chi connectivity index (χ1n) is 10.1. The second kappa shape index (κ2) is 8.96. The van der Waals surface area contributed by atoms with Crippen LogP contribution in [0.1, 0.15) is 13.8 Å². The van der Waals surface area contributed by atoms with Crippen molar-refractivity contribution in [2.24, 2.45) is 7.05 Å². The average Bonchev–Trinajstić information content (AvgIpc) is 3.37. The van der Waals surface area contributed by atoms with Gasteiger partial charge in [-0.1, -0.05) is 0 Å². The number of anilines is 2. The molecule has 0 unspecified atom stereocenters. The molecule has 0 spiro atoms. The Balaban J connectivity index is 1.52. The maximum atomic E-state index is 11.8. The van der Waals surface area contributed by atoms with E-state index in [4.69, 9.17) is 9.47 Å². The van der Waals surface area contributed by atoms with E-state index >= 15 is 0 Å². The maximum Gasteiger partial charge on any atom is 0.258 e. The number of carbonyl (C=O) groups is 1. The Kier molecular flexibility index (Phi) is 5.93. The van der Waals surface area contributed by atoms with E-state index in [9.17, 15) is 4.79 Å². The van der Waals surface area contributed by atoms with Gasteiger partial charge in [0.15, 0.2) is 12.4 Å². The lowest BCUT2D eigenvalue weighted by atomic mass is 10.2. The summed E-state index contributed by atoms with van der Waals surface area (Å²) in [5.41, 5.74) is 2.54. The standard InChI is InChI=1S/C22H25N7O3/c1-13(2)24-20(30)12-32-16-6-7-17(19(10-16)31-4)21-26-22(29(3)28-21)25-15-5-8-18-14(9-15)11-23-27-18/h5-11,13H,12H2,1-4H3,(H,23,27)(H,24,30)(H,25,26,28). The molecular formula is C22H25N7O3. The number of carbonyl (C=O) groups excluding carboxylic acids is 1. The number of methoxy groups -OCH3 is 1. The fraction of sp³-hybridized carbons (Fsp3) is 0.273. The Morgan fingerprint density at radius 2 is 2.06 bits per heavy atom. The zero-order chi connectivity index (χ0) is 22.7. The lowest BCUT2D eigenvalue weighted by molar-refractivity contribution is -0.123. The summed E-state index contributed by atoms with van der Waals surface area (Å²) in [6.07, 6.45) is 1.77. The monoisotopic (exact) mass is 435 g/mol. The highest BCUT2D eigenvalue weighted by Crippen LogP contribution is 2.32. The Labute approximate surface area is 184 Å². The molecule has 0 bridgehead atoms. The topological polar surface area (TPSA) is 119 Å². The van der Waals surface area contributed by atoms with Gasteiger partial charge in [0.2, 0.25) is 5.95 Å². The van der Waals surface area contributed by atoms with Crippen molar-refractivity contribution < 1.29 is 14.3 Å². The molecule has 32 heavy (non-hydrogen) atoms. The highest BCUT2D eigenvalue weighted by atomic mass is 16.5. The van der Waals surface area contributed by atoms with Gasteiger partial charge in [0.25, 0.3) is 5.91 Å². The second-order valence-electron chi connectivity index (χ2n) is 7.55. The number of amides is 1. The van der Waals surface area contributed by atoms with Crippen molar-refractivity contribution in [3.8, 4) is 22.9 Å². The van der Waals surface area contributed by atoms with E-state index in [-0.39, 0.29) is 18.6 Å². The van der Waals surface area contributed by atoms with E-state index in [1.807, 2.05) is 45.2 Å². The SMILES string of the molecule is COc1cc(OCC(=O)NC(C)C)ccc1-c1nc(Nc2ccc3[nH]ncc3c2)n(C)n1. The van der Waals surface area contributed by atoms with Crippen LogP contribution in [0.5, 0.6) is 11.5 Å². The van der Waals surface area contributed by atoms with E-state index < -0.39 is 0 Å². The van der Waals surface area contributed by atoms with Crippen molar-refractivity contribution in [3.63, 3.8) is 0 Å². The smallest absolute Gasteiger partial charge is 0.258 e. The average molecular weight is 435 g/mol. The minimum absolute atomic E-state index is 0.0580. The van der Waals surface area contributed by atoms with Crippen LogP contribution in [0.2, 0.25) is 0 Å². The number of aromatic nitrogens is 5. The molecular weight excluding hydrogens is 410 g/mol. The largest absolute Gasteiger partial charge is 0.496 e. The Hall–Kier alpha value is -4.08. The molecule has 4 rings (SSSR count). The molecule has 1 amide bonds. The normalized spacial score (nSPS) is 11.0.